The lowest BCUT2D eigenvalue weighted by Gasteiger charge is -2.42. The number of rotatable bonds is 5. The number of benzene rings is 1. The summed E-state index contributed by atoms with van der Waals surface area (Å²) in [5.74, 6) is -0.244. The number of aromatic nitrogens is 1. The zero-order valence-electron chi connectivity index (χ0n) is 19.7. The molecule has 1 aliphatic rings. The topological polar surface area (TPSA) is 54.9 Å². The van der Waals surface area contributed by atoms with Gasteiger partial charge in [0.05, 0.1) is 28.9 Å². The first-order valence-corrected chi connectivity index (χ1v) is 14.1. The Morgan fingerprint density at radius 3 is 2.52 bits per heavy atom. The maximum absolute atomic E-state index is 13.1. The highest BCUT2D eigenvalue weighted by Gasteiger charge is 2.40. The Hall–Kier alpha value is -1.67. The first-order chi connectivity index (χ1) is 14.5. The molecule has 2 aromatic rings. The lowest BCUT2D eigenvalue weighted by molar-refractivity contribution is -0.0756. The van der Waals surface area contributed by atoms with Crippen molar-refractivity contribution >= 4 is 42.4 Å². The zero-order valence-corrected chi connectivity index (χ0v) is 21.4. The van der Waals surface area contributed by atoms with Gasteiger partial charge in [0, 0.05) is 37.8 Å². The molecule has 1 fully saturated rings. The number of fused-ring (bicyclic) bond motifs is 1. The van der Waals surface area contributed by atoms with Crippen LogP contribution in [0.25, 0.3) is 10.9 Å². The summed E-state index contributed by atoms with van der Waals surface area (Å²) < 4.78 is 6.65. The van der Waals surface area contributed by atoms with E-state index in [0.717, 1.165) is 42.5 Å². The fourth-order valence-corrected chi connectivity index (χ4v) is 5.40. The number of pyridine rings is 1. The standard InChI is InChI=1S/C23H34ClN3O3Si/c1-23(2,3)31(6,7)30-16-10-13-27(14-11-16)21-18(22(28)26(4)29-5)15-19(24)17-9-8-12-25-20(17)21/h8-9,12,15-16H,10-11,13-14H2,1-7H3. The molecule has 0 aliphatic carbocycles. The first kappa shape index (κ1) is 24.0. The van der Waals surface area contributed by atoms with Gasteiger partial charge < -0.3 is 9.33 Å². The van der Waals surface area contributed by atoms with Crippen molar-refractivity contribution < 1.29 is 14.1 Å². The minimum Gasteiger partial charge on any atom is -0.414 e. The minimum absolute atomic E-state index is 0.185. The average Bonchev–Trinajstić information content (AvgIpc) is 2.72. The van der Waals surface area contributed by atoms with Crippen molar-refractivity contribution in [3.63, 3.8) is 0 Å². The second-order valence-corrected chi connectivity index (χ2v) is 14.9. The van der Waals surface area contributed by atoms with E-state index in [4.69, 9.17) is 20.9 Å². The number of hydrogen-bond acceptors (Lipinski definition) is 5. The largest absolute Gasteiger partial charge is 0.414 e. The molecule has 2 heterocycles. The molecule has 170 valence electrons. The second kappa shape index (κ2) is 9.06. The number of carbonyl (C=O) groups is 1. The lowest BCUT2D eigenvalue weighted by Crippen LogP contribution is -2.47. The summed E-state index contributed by atoms with van der Waals surface area (Å²) in [6, 6.07) is 5.53. The van der Waals surface area contributed by atoms with Crippen LogP contribution in [0, 0.1) is 0 Å². The van der Waals surface area contributed by atoms with Crippen LogP contribution in [0.3, 0.4) is 0 Å². The number of amides is 1. The highest BCUT2D eigenvalue weighted by atomic mass is 35.5. The molecule has 6 nitrogen and oxygen atoms in total. The maximum atomic E-state index is 13.1. The Balaban J connectivity index is 1.93. The van der Waals surface area contributed by atoms with E-state index in [0.29, 0.717) is 10.6 Å². The van der Waals surface area contributed by atoms with Crippen molar-refractivity contribution in [1.29, 1.82) is 0 Å². The predicted octanol–water partition coefficient (Wildman–Crippen LogP) is 5.51. The number of halogens is 1. The van der Waals surface area contributed by atoms with Crippen LogP contribution in [0.5, 0.6) is 0 Å². The third kappa shape index (κ3) is 4.90. The van der Waals surface area contributed by atoms with Crippen LogP contribution in [0.1, 0.15) is 44.0 Å². The van der Waals surface area contributed by atoms with Gasteiger partial charge in [-0.25, -0.2) is 5.06 Å². The molecule has 0 bridgehead atoms. The SMILES string of the molecule is CON(C)C(=O)c1cc(Cl)c2cccnc2c1N1CCC(O[Si](C)(C)C(C)(C)C)CC1. The van der Waals surface area contributed by atoms with Gasteiger partial charge >= 0.3 is 0 Å². The Kier molecular flexibility index (Phi) is 7.01. The van der Waals surface area contributed by atoms with Gasteiger partial charge in [-0.05, 0) is 49.2 Å². The number of piperidine rings is 1. The van der Waals surface area contributed by atoms with Crippen molar-refractivity contribution in [2.24, 2.45) is 0 Å². The molecule has 8 heteroatoms. The van der Waals surface area contributed by atoms with Crippen LogP contribution < -0.4 is 4.90 Å². The molecule has 1 amide bonds. The molecular weight excluding hydrogens is 430 g/mol. The number of hydrogen-bond donors (Lipinski definition) is 0. The van der Waals surface area contributed by atoms with Gasteiger partial charge in [-0.3, -0.25) is 14.6 Å². The van der Waals surface area contributed by atoms with E-state index < -0.39 is 8.32 Å². The van der Waals surface area contributed by atoms with Crippen LogP contribution in [0.4, 0.5) is 5.69 Å². The molecule has 0 atom stereocenters. The van der Waals surface area contributed by atoms with Crippen LogP contribution in [-0.2, 0) is 9.26 Å². The molecule has 31 heavy (non-hydrogen) atoms. The predicted molar refractivity (Wildman–Crippen MR) is 129 cm³/mol. The number of carbonyl (C=O) groups excluding carboxylic acids is 1. The first-order valence-electron chi connectivity index (χ1n) is 10.8. The summed E-state index contributed by atoms with van der Waals surface area (Å²) in [5.41, 5.74) is 2.07. The number of anilines is 1. The summed E-state index contributed by atoms with van der Waals surface area (Å²) in [4.78, 5) is 25.1. The molecule has 0 saturated carbocycles. The summed E-state index contributed by atoms with van der Waals surface area (Å²) in [5, 5.41) is 2.76. The van der Waals surface area contributed by atoms with Crippen LogP contribution >= 0.6 is 11.6 Å². The Bertz CT molecular complexity index is 953. The summed E-state index contributed by atoms with van der Waals surface area (Å²) in [6.45, 7) is 13.0. The Morgan fingerprint density at radius 2 is 1.94 bits per heavy atom. The fraction of sp³-hybridized carbons (Fsp3) is 0.565. The van der Waals surface area contributed by atoms with E-state index in [1.807, 2.05) is 12.1 Å². The summed E-state index contributed by atoms with van der Waals surface area (Å²) in [6.07, 6.45) is 3.81. The number of nitrogens with zero attached hydrogens (tertiary/aromatic N) is 3. The normalized spacial score (nSPS) is 16.1. The van der Waals surface area contributed by atoms with Gasteiger partial charge in [-0.1, -0.05) is 32.4 Å². The fourth-order valence-electron chi connectivity index (χ4n) is 3.71. The summed E-state index contributed by atoms with van der Waals surface area (Å²) >= 11 is 6.52. The lowest BCUT2D eigenvalue weighted by atomic mass is 10.0. The van der Waals surface area contributed by atoms with Crippen LogP contribution in [-0.4, -0.2) is 57.6 Å². The molecule has 1 aromatic carbocycles. The molecule has 0 radical (unpaired) electrons. The van der Waals surface area contributed by atoms with Gasteiger partial charge in [0.25, 0.3) is 5.91 Å². The van der Waals surface area contributed by atoms with Crippen LogP contribution in [0.2, 0.25) is 23.2 Å². The third-order valence-corrected chi connectivity index (χ3v) is 11.5. The highest BCUT2D eigenvalue weighted by Crippen LogP contribution is 2.40. The number of hydroxylamine groups is 2. The van der Waals surface area contributed by atoms with E-state index >= 15 is 0 Å². The van der Waals surface area contributed by atoms with E-state index in [-0.39, 0.29) is 17.0 Å². The van der Waals surface area contributed by atoms with Crippen molar-refractivity contribution in [3.8, 4) is 0 Å². The molecule has 1 saturated heterocycles. The average molecular weight is 464 g/mol. The maximum Gasteiger partial charge on any atom is 0.279 e. The smallest absolute Gasteiger partial charge is 0.279 e. The zero-order chi connectivity index (χ0) is 23.0. The summed E-state index contributed by atoms with van der Waals surface area (Å²) in [7, 11) is 1.25. The monoisotopic (exact) mass is 463 g/mol. The molecule has 1 aliphatic heterocycles. The van der Waals surface area contributed by atoms with Crippen molar-refractivity contribution in [3.05, 3.63) is 35.0 Å². The van der Waals surface area contributed by atoms with Gasteiger partial charge in [-0.2, -0.15) is 0 Å². The Labute approximate surface area is 191 Å². The second-order valence-electron chi connectivity index (χ2n) is 9.70. The molecular formula is C23H34ClN3O3Si. The van der Waals surface area contributed by atoms with E-state index in [1.165, 1.54) is 12.2 Å². The van der Waals surface area contributed by atoms with E-state index in [9.17, 15) is 4.79 Å². The Morgan fingerprint density at radius 1 is 1.29 bits per heavy atom. The quantitative estimate of drug-likeness (QED) is 0.432. The van der Waals surface area contributed by atoms with Crippen molar-refractivity contribution in [1.82, 2.24) is 10.0 Å². The molecule has 0 unspecified atom stereocenters. The van der Waals surface area contributed by atoms with Crippen molar-refractivity contribution in [2.45, 2.75) is 57.8 Å². The van der Waals surface area contributed by atoms with Gasteiger partial charge in [0.1, 0.15) is 0 Å². The third-order valence-electron chi connectivity index (χ3n) is 6.63. The van der Waals surface area contributed by atoms with Gasteiger partial charge in [0.15, 0.2) is 8.32 Å². The minimum atomic E-state index is -1.82. The van der Waals surface area contributed by atoms with Crippen molar-refractivity contribution in [2.75, 3.05) is 32.1 Å². The van der Waals surface area contributed by atoms with Gasteiger partial charge in [0.2, 0.25) is 0 Å². The van der Waals surface area contributed by atoms with Gasteiger partial charge in [-0.15, -0.1) is 0 Å². The molecule has 3 rings (SSSR count). The van der Waals surface area contributed by atoms with E-state index in [2.05, 4.69) is 43.7 Å². The van der Waals surface area contributed by atoms with E-state index in [1.54, 1.807) is 19.3 Å². The van der Waals surface area contributed by atoms with Crippen LogP contribution in [0.15, 0.2) is 24.4 Å². The molecule has 0 N–H and O–H groups in total. The molecule has 1 aromatic heterocycles. The molecule has 0 spiro atoms. The highest BCUT2D eigenvalue weighted by molar-refractivity contribution is 6.74.